The summed E-state index contributed by atoms with van der Waals surface area (Å²) in [5.41, 5.74) is 0.278. The standard InChI is InChI=1S/C14H17NO2/c1-14(2)10-15(9-8-12(14)16)13(17)11-6-4-3-5-7-11/h3-7H,8-10H2,1-2H3. The molecule has 3 nitrogen and oxygen atoms in total. The van der Waals surface area contributed by atoms with E-state index in [1.54, 1.807) is 4.90 Å². The van der Waals surface area contributed by atoms with Crippen LogP contribution in [-0.4, -0.2) is 29.7 Å². The first-order chi connectivity index (χ1) is 8.00. The lowest BCUT2D eigenvalue weighted by molar-refractivity contribution is -0.130. The van der Waals surface area contributed by atoms with E-state index in [4.69, 9.17) is 0 Å². The van der Waals surface area contributed by atoms with Crippen LogP contribution in [0.2, 0.25) is 0 Å². The first kappa shape index (κ1) is 11.8. The Hall–Kier alpha value is -1.64. The zero-order valence-electron chi connectivity index (χ0n) is 10.3. The molecular formula is C14H17NO2. The van der Waals surface area contributed by atoms with Gasteiger partial charge < -0.3 is 4.90 Å². The number of benzene rings is 1. The van der Waals surface area contributed by atoms with Gasteiger partial charge >= 0.3 is 0 Å². The highest BCUT2D eigenvalue weighted by Crippen LogP contribution is 2.26. The fourth-order valence-corrected chi connectivity index (χ4v) is 2.16. The van der Waals surface area contributed by atoms with Crippen LogP contribution in [0.3, 0.4) is 0 Å². The fourth-order valence-electron chi connectivity index (χ4n) is 2.16. The summed E-state index contributed by atoms with van der Waals surface area (Å²) in [5.74, 6) is 0.265. The van der Waals surface area contributed by atoms with Crippen molar-refractivity contribution in [3.05, 3.63) is 35.9 Å². The molecule has 0 N–H and O–H groups in total. The topological polar surface area (TPSA) is 37.4 Å². The highest BCUT2D eigenvalue weighted by molar-refractivity contribution is 5.96. The molecule has 0 spiro atoms. The molecule has 1 aromatic rings. The van der Waals surface area contributed by atoms with E-state index >= 15 is 0 Å². The maximum atomic E-state index is 12.2. The predicted octanol–water partition coefficient (Wildman–Crippen LogP) is 2.13. The number of amides is 1. The molecule has 0 saturated carbocycles. The molecule has 2 rings (SSSR count). The lowest BCUT2D eigenvalue weighted by atomic mass is 9.82. The first-order valence-electron chi connectivity index (χ1n) is 5.88. The molecule has 0 radical (unpaired) electrons. The second kappa shape index (κ2) is 4.32. The SMILES string of the molecule is CC1(C)CN(C(=O)c2ccccc2)CCC1=O. The molecule has 90 valence electrons. The first-order valence-corrected chi connectivity index (χ1v) is 5.88. The summed E-state index contributed by atoms with van der Waals surface area (Å²) in [5, 5.41) is 0. The van der Waals surface area contributed by atoms with Crippen LogP contribution in [-0.2, 0) is 4.79 Å². The summed E-state index contributed by atoms with van der Waals surface area (Å²) in [6.45, 7) is 4.86. The van der Waals surface area contributed by atoms with Gasteiger partial charge in [-0.25, -0.2) is 0 Å². The van der Waals surface area contributed by atoms with Crippen LogP contribution in [0.4, 0.5) is 0 Å². The molecule has 0 bridgehead atoms. The Balaban J connectivity index is 2.15. The van der Waals surface area contributed by atoms with E-state index in [9.17, 15) is 9.59 Å². The molecule has 1 aliphatic heterocycles. The highest BCUT2D eigenvalue weighted by atomic mass is 16.2. The summed E-state index contributed by atoms with van der Waals surface area (Å²) < 4.78 is 0. The average molecular weight is 231 g/mol. The van der Waals surface area contributed by atoms with E-state index in [1.165, 1.54) is 0 Å². The van der Waals surface area contributed by atoms with Crippen LogP contribution in [0.5, 0.6) is 0 Å². The third-order valence-corrected chi connectivity index (χ3v) is 3.26. The highest BCUT2D eigenvalue weighted by Gasteiger charge is 2.36. The van der Waals surface area contributed by atoms with Crippen molar-refractivity contribution in [3.8, 4) is 0 Å². The number of Topliss-reactive ketones (excluding diaryl/α,β-unsaturated/α-hetero) is 1. The van der Waals surface area contributed by atoms with Crippen molar-refractivity contribution in [3.63, 3.8) is 0 Å². The van der Waals surface area contributed by atoms with Crippen LogP contribution in [0.25, 0.3) is 0 Å². The maximum absolute atomic E-state index is 12.2. The molecule has 0 aliphatic carbocycles. The summed E-state index contributed by atoms with van der Waals surface area (Å²) in [6.07, 6.45) is 0.464. The molecule has 1 aliphatic rings. The van der Waals surface area contributed by atoms with E-state index in [-0.39, 0.29) is 11.7 Å². The van der Waals surface area contributed by atoms with Gasteiger partial charge in [-0.3, -0.25) is 9.59 Å². The van der Waals surface area contributed by atoms with Gasteiger partial charge in [0.25, 0.3) is 5.91 Å². The van der Waals surface area contributed by atoms with Crippen LogP contribution >= 0.6 is 0 Å². The number of ketones is 1. The summed E-state index contributed by atoms with van der Waals surface area (Å²) >= 11 is 0. The maximum Gasteiger partial charge on any atom is 0.253 e. The minimum absolute atomic E-state index is 0.0196. The molecule has 3 heteroatoms. The van der Waals surface area contributed by atoms with E-state index in [0.29, 0.717) is 25.1 Å². The number of hydrogen-bond donors (Lipinski definition) is 0. The van der Waals surface area contributed by atoms with E-state index < -0.39 is 5.41 Å². The smallest absolute Gasteiger partial charge is 0.253 e. The molecule has 0 atom stereocenters. The van der Waals surface area contributed by atoms with Crippen molar-refractivity contribution in [1.82, 2.24) is 4.90 Å². The van der Waals surface area contributed by atoms with Gasteiger partial charge in [0.1, 0.15) is 5.78 Å². The van der Waals surface area contributed by atoms with Gasteiger partial charge in [-0.05, 0) is 12.1 Å². The quantitative estimate of drug-likeness (QED) is 0.742. The van der Waals surface area contributed by atoms with Gasteiger partial charge in [-0.15, -0.1) is 0 Å². The molecule has 1 amide bonds. The van der Waals surface area contributed by atoms with Crippen LogP contribution < -0.4 is 0 Å². The van der Waals surface area contributed by atoms with Crippen molar-refractivity contribution in [2.75, 3.05) is 13.1 Å². The molecule has 0 aromatic heterocycles. The van der Waals surface area contributed by atoms with Gasteiger partial charge in [-0.2, -0.15) is 0 Å². The van der Waals surface area contributed by atoms with Crippen LogP contribution in [0, 0.1) is 5.41 Å². The van der Waals surface area contributed by atoms with Crippen molar-refractivity contribution < 1.29 is 9.59 Å². The number of nitrogens with zero attached hydrogens (tertiary/aromatic N) is 1. The van der Waals surface area contributed by atoms with Gasteiger partial charge in [-0.1, -0.05) is 32.0 Å². The molecule has 1 fully saturated rings. The number of carbonyl (C=O) groups excluding carboxylic acids is 2. The Bertz CT molecular complexity index is 437. The number of rotatable bonds is 1. The molecule has 0 unspecified atom stereocenters. The minimum Gasteiger partial charge on any atom is -0.337 e. The van der Waals surface area contributed by atoms with Gasteiger partial charge in [0.05, 0.1) is 0 Å². The van der Waals surface area contributed by atoms with Crippen LogP contribution in [0.15, 0.2) is 30.3 Å². The zero-order chi connectivity index (χ0) is 12.5. The monoisotopic (exact) mass is 231 g/mol. The lowest BCUT2D eigenvalue weighted by Gasteiger charge is -2.36. The Labute approximate surface area is 101 Å². The van der Waals surface area contributed by atoms with Gasteiger partial charge in [0, 0.05) is 30.5 Å². The minimum atomic E-state index is -0.414. The molecule has 1 heterocycles. The van der Waals surface area contributed by atoms with Crippen molar-refractivity contribution in [2.24, 2.45) is 5.41 Å². The second-order valence-electron chi connectivity index (χ2n) is 5.15. The van der Waals surface area contributed by atoms with Gasteiger partial charge in [0.15, 0.2) is 0 Å². The summed E-state index contributed by atoms with van der Waals surface area (Å²) in [6, 6.07) is 9.22. The molecule has 1 aromatic carbocycles. The van der Waals surface area contributed by atoms with Crippen LogP contribution in [0.1, 0.15) is 30.6 Å². The number of piperidine rings is 1. The lowest BCUT2D eigenvalue weighted by Crippen LogP contribution is -2.48. The predicted molar refractivity (Wildman–Crippen MR) is 65.8 cm³/mol. The number of carbonyl (C=O) groups is 2. The molecule has 1 saturated heterocycles. The Morgan fingerprint density at radius 1 is 1.24 bits per heavy atom. The number of hydrogen-bond acceptors (Lipinski definition) is 2. The third-order valence-electron chi connectivity index (χ3n) is 3.26. The normalized spacial score (nSPS) is 19.2. The second-order valence-corrected chi connectivity index (χ2v) is 5.15. The van der Waals surface area contributed by atoms with E-state index in [0.717, 1.165) is 0 Å². The fraction of sp³-hybridized carbons (Fsp3) is 0.429. The van der Waals surface area contributed by atoms with E-state index in [1.807, 2.05) is 44.2 Å². The van der Waals surface area contributed by atoms with Crippen molar-refractivity contribution >= 4 is 11.7 Å². The number of likely N-dealkylation sites (tertiary alicyclic amines) is 1. The zero-order valence-corrected chi connectivity index (χ0v) is 10.3. The Kier molecular flexibility index (Phi) is 3.01. The van der Waals surface area contributed by atoms with Gasteiger partial charge in [0.2, 0.25) is 0 Å². The Morgan fingerprint density at radius 2 is 1.88 bits per heavy atom. The van der Waals surface area contributed by atoms with Crippen molar-refractivity contribution in [1.29, 1.82) is 0 Å². The average Bonchev–Trinajstić information content (AvgIpc) is 2.33. The summed E-state index contributed by atoms with van der Waals surface area (Å²) in [4.78, 5) is 25.7. The van der Waals surface area contributed by atoms with E-state index in [2.05, 4.69) is 0 Å². The molecular weight excluding hydrogens is 214 g/mol. The Morgan fingerprint density at radius 3 is 2.47 bits per heavy atom. The molecule has 17 heavy (non-hydrogen) atoms. The third kappa shape index (κ3) is 2.38. The largest absolute Gasteiger partial charge is 0.337 e. The van der Waals surface area contributed by atoms with Crippen molar-refractivity contribution in [2.45, 2.75) is 20.3 Å². The summed E-state index contributed by atoms with van der Waals surface area (Å²) in [7, 11) is 0.